The Kier molecular flexibility index (Phi) is 5.34. The molecule has 1 saturated heterocycles. The molecule has 0 unspecified atom stereocenters. The molecular formula is C18H26N2O5. The Morgan fingerprint density at radius 1 is 1.28 bits per heavy atom. The van der Waals surface area contributed by atoms with E-state index in [1.807, 2.05) is 32.0 Å². The molecule has 0 bridgehead atoms. The fourth-order valence-corrected chi connectivity index (χ4v) is 3.05. The highest BCUT2D eigenvalue weighted by Gasteiger charge is 2.32. The topological polar surface area (TPSA) is 69.3 Å². The van der Waals surface area contributed by atoms with Gasteiger partial charge in [0.05, 0.1) is 52.7 Å². The van der Waals surface area contributed by atoms with E-state index in [4.69, 9.17) is 18.9 Å². The fourth-order valence-electron chi connectivity index (χ4n) is 3.05. The number of amides is 2. The molecule has 3 rings (SSSR count). The van der Waals surface area contributed by atoms with Crippen LogP contribution in [0.5, 0.6) is 11.5 Å². The highest BCUT2D eigenvalue weighted by molar-refractivity contribution is 5.75. The summed E-state index contributed by atoms with van der Waals surface area (Å²) in [6.45, 7) is 6.95. The van der Waals surface area contributed by atoms with Crippen LogP contribution < -0.4 is 14.8 Å². The molecule has 0 saturated carbocycles. The van der Waals surface area contributed by atoms with E-state index in [-0.39, 0.29) is 12.1 Å². The van der Waals surface area contributed by atoms with Crippen molar-refractivity contribution >= 4 is 6.03 Å². The van der Waals surface area contributed by atoms with Gasteiger partial charge >= 0.3 is 6.03 Å². The Bertz CT molecular complexity index is 611. The number of ether oxygens (including phenoxy) is 4. The molecule has 2 heterocycles. The molecular weight excluding hydrogens is 324 g/mol. The van der Waals surface area contributed by atoms with Crippen molar-refractivity contribution in [2.75, 3.05) is 40.1 Å². The summed E-state index contributed by atoms with van der Waals surface area (Å²) >= 11 is 0. The molecule has 1 fully saturated rings. The molecule has 2 amide bonds. The first-order valence-electron chi connectivity index (χ1n) is 8.54. The second kappa shape index (κ2) is 7.49. The van der Waals surface area contributed by atoms with E-state index in [2.05, 4.69) is 5.32 Å². The van der Waals surface area contributed by atoms with Crippen LogP contribution in [0, 0.1) is 0 Å². The highest BCUT2D eigenvalue weighted by atomic mass is 16.5. The van der Waals surface area contributed by atoms with Crippen LogP contribution in [0.25, 0.3) is 0 Å². The summed E-state index contributed by atoms with van der Waals surface area (Å²) in [6.07, 6.45) is 0. The molecule has 0 aromatic heterocycles. The smallest absolute Gasteiger partial charge is 0.318 e. The Balaban J connectivity index is 1.75. The average Bonchev–Trinajstić information content (AvgIpc) is 2.90. The predicted octanol–water partition coefficient (Wildman–Crippen LogP) is 1.79. The van der Waals surface area contributed by atoms with Crippen molar-refractivity contribution in [3.63, 3.8) is 0 Å². The van der Waals surface area contributed by atoms with Crippen molar-refractivity contribution in [3.05, 3.63) is 23.8 Å². The minimum Gasteiger partial charge on any atom is -0.497 e. The maximum atomic E-state index is 12.8. The zero-order valence-electron chi connectivity index (χ0n) is 15.0. The van der Waals surface area contributed by atoms with E-state index in [0.717, 1.165) is 17.1 Å². The number of nitrogens with zero attached hydrogens (tertiary/aromatic N) is 1. The van der Waals surface area contributed by atoms with E-state index < -0.39 is 5.60 Å². The lowest BCUT2D eigenvalue weighted by atomic mass is 10.1. The summed E-state index contributed by atoms with van der Waals surface area (Å²) < 4.78 is 22.3. The minimum atomic E-state index is -0.509. The number of carbonyl (C=O) groups excluding carboxylic acids is 1. The molecule has 0 atom stereocenters. The summed E-state index contributed by atoms with van der Waals surface area (Å²) in [5.41, 5.74) is 0.445. The number of carbonyl (C=O) groups is 1. The van der Waals surface area contributed by atoms with E-state index in [0.29, 0.717) is 39.5 Å². The number of rotatable bonds is 2. The molecule has 1 aromatic carbocycles. The van der Waals surface area contributed by atoms with Crippen LogP contribution in [-0.4, -0.2) is 62.7 Å². The molecule has 2 aliphatic heterocycles. The maximum Gasteiger partial charge on any atom is 0.318 e. The number of hydrogen-bond donors (Lipinski definition) is 1. The summed E-state index contributed by atoms with van der Waals surface area (Å²) in [5, 5.41) is 3.00. The maximum absolute atomic E-state index is 12.8. The number of methoxy groups -OCH3 is 1. The predicted molar refractivity (Wildman–Crippen MR) is 92.1 cm³/mol. The van der Waals surface area contributed by atoms with Gasteiger partial charge in [-0.25, -0.2) is 4.79 Å². The summed E-state index contributed by atoms with van der Waals surface area (Å²) in [4.78, 5) is 14.5. The van der Waals surface area contributed by atoms with Crippen molar-refractivity contribution in [1.29, 1.82) is 0 Å². The van der Waals surface area contributed by atoms with Crippen LogP contribution in [0.1, 0.15) is 19.4 Å². The quantitative estimate of drug-likeness (QED) is 0.881. The van der Waals surface area contributed by atoms with Crippen LogP contribution in [0.15, 0.2) is 18.2 Å². The first kappa shape index (κ1) is 17.8. The Morgan fingerprint density at radius 3 is 2.68 bits per heavy atom. The van der Waals surface area contributed by atoms with Gasteiger partial charge in [-0.3, -0.25) is 0 Å². The monoisotopic (exact) mass is 350 g/mol. The van der Waals surface area contributed by atoms with Gasteiger partial charge in [0, 0.05) is 11.6 Å². The zero-order valence-corrected chi connectivity index (χ0v) is 15.0. The SMILES string of the molecule is COc1ccc2c(c1)OC(C)(C)CN(C(=O)NC1COCCOC1)C2. The summed E-state index contributed by atoms with van der Waals surface area (Å²) in [5.74, 6) is 1.49. The zero-order chi connectivity index (χ0) is 17.9. The van der Waals surface area contributed by atoms with E-state index in [1.54, 1.807) is 12.0 Å². The van der Waals surface area contributed by atoms with Crippen molar-refractivity contribution in [1.82, 2.24) is 10.2 Å². The molecule has 1 aromatic rings. The third-order valence-electron chi connectivity index (χ3n) is 4.22. The lowest BCUT2D eigenvalue weighted by molar-refractivity contribution is 0.0776. The molecule has 0 aliphatic carbocycles. The number of benzene rings is 1. The molecule has 138 valence electrons. The average molecular weight is 350 g/mol. The molecule has 7 heteroatoms. The molecule has 2 aliphatic rings. The molecule has 0 radical (unpaired) electrons. The molecule has 7 nitrogen and oxygen atoms in total. The van der Waals surface area contributed by atoms with Gasteiger partial charge in [-0.05, 0) is 26.0 Å². The second-order valence-electron chi connectivity index (χ2n) is 6.99. The second-order valence-corrected chi connectivity index (χ2v) is 6.99. The van der Waals surface area contributed by atoms with Crippen LogP contribution in [0.3, 0.4) is 0 Å². The normalized spacial score (nSPS) is 20.7. The van der Waals surface area contributed by atoms with Crippen LogP contribution in [-0.2, 0) is 16.0 Å². The van der Waals surface area contributed by atoms with Crippen molar-refractivity contribution in [3.8, 4) is 11.5 Å². The standard InChI is InChI=1S/C18H26N2O5/c1-18(2)12-20(17(21)19-14-10-23-6-7-24-11-14)9-13-4-5-15(22-3)8-16(13)25-18/h4-5,8,14H,6-7,9-12H2,1-3H3,(H,19,21). The lowest BCUT2D eigenvalue weighted by Crippen LogP contribution is -2.51. The number of nitrogens with one attached hydrogen (secondary N) is 1. The largest absolute Gasteiger partial charge is 0.497 e. The van der Waals surface area contributed by atoms with Gasteiger partial charge < -0.3 is 29.2 Å². The van der Waals surface area contributed by atoms with Gasteiger partial charge in [0.15, 0.2) is 0 Å². The van der Waals surface area contributed by atoms with Gasteiger partial charge in [-0.15, -0.1) is 0 Å². The number of hydrogen-bond acceptors (Lipinski definition) is 5. The highest BCUT2D eigenvalue weighted by Crippen LogP contribution is 2.32. The van der Waals surface area contributed by atoms with E-state index in [1.165, 1.54) is 0 Å². The fraction of sp³-hybridized carbons (Fsp3) is 0.611. The van der Waals surface area contributed by atoms with E-state index in [9.17, 15) is 4.79 Å². The minimum absolute atomic E-state index is 0.139. The first-order valence-corrected chi connectivity index (χ1v) is 8.54. The Morgan fingerprint density at radius 2 is 2.00 bits per heavy atom. The van der Waals surface area contributed by atoms with Crippen molar-refractivity contribution in [2.24, 2.45) is 0 Å². The van der Waals surface area contributed by atoms with Crippen molar-refractivity contribution < 1.29 is 23.7 Å². The third-order valence-corrected chi connectivity index (χ3v) is 4.22. The van der Waals surface area contributed by atoms with Gasteiger partial charge in [0.2, 0.25) is 0 Å². The van der Waals surface area contributed by atoms with Crippen molar-refractivity contribution in [2.45, 2.75) is 32.0 Å². The third kappa shape index (κ3) is 4.55. The Labute approximate surface area is 148 Å². The number of fused-ring (bicyclic) bond motifs is 1. The van der Waals surface area contributed by atoms with Crippen LogP contribution >= 0.6 is 0 Å². The van der Waals surface area contributed by atoms with Crippen LogP contribution in [0.4, 0.5) is 4.79 Å². The van der Waals surface area contributed by atoms with Gasteiger partial charge in [0.25, 0.3) is 0 Å². The molecule has 0 spiro atoms. The Hall–Kier alpha value is -1.99. The van der Waals surface area contributed by atoms with E-state index >= 15 is 0 Å². The van der Waals surface area contributed by atoms with Gasteiger partial charge in [-0.1, -0.05) is 0 Å². The first-order chi connectivity index (χ1) is 12.0. The molecule has 25 heavy (non-hydrogen) atoms. The lowest BCUT2D eigenvalue weighted by Gasteiger charge is -2.30. The summed E-state index contributed by atoms with van der Waals surface area (Å²) in [6, 6.07) is 5.40. The van der Waals surface area contributed by atoms with Gasteiger partial charge in [0.1, 0.15) is 17.1 Å². The van der Waals surface area contributed by atoms with Crippen LogP contribution in [0.2, 0.25) is 0 Å². The molecule has 1 N–H and O–H groups in total. The van der Waals surface area contributed by atoms with Gasteiger partial charge in [-0.2, -0.15) is 0 Å². The number of urea groups is 1. The summed E-state index contributed by atoms with van der Waals surface area (Å²) in [7, 11) is 1.63.